The van der Waals surface area contributed by atoms with Crippen LogP contribution in [-0.4, -0.2) is 35.2 Å². The van der Waals surface area contributed by atoms with E-state index in [4.69, 9.17) is 9.15 Å². The van der Waals surface area contributed by atoms with Crippen LogP contribution in [0.15, 0.2) is 51.7 Å². The van der Waals surface area contributed by atoms with Crippen molar-refractivity contribution in [3.05, 3.63) is 75.1 Å². The molecule has 0 radical (unpaired) electrons. The molecule has 0 spiro atoms. The number of carbonyl (C=O) groups is 1. The van der Waals surface area contributed by atoms with Crippen molar-refractivity contribution in [3.8, 4) is 5.75 Å². The number of phenolic OH excluding ortho intramolecular Hbond substituents is 1. The monoisotopic (exact) mass is 407 g/mol. The van der Waals surface area contributed by atoms with Crippen LogP contribution in [0.2, 0.25) is 0 Å². The predicted octanol–water partition coefficient (Wildman–Crippen LogP) is 4.17. The van der Waals surface area contributed by atoms with Gasteiger partial charge in [-0.05, 0) is 57.0 Å². The van der Waals surface area contributed by atoms with Crippen LogP contribution < -0.4 is 5.43 Å². The van der Waals surface area contributed by atoms with Gasteiger partial charge in [-0.25, -0.2) is 0 Å². The van der Waals surface area contributed by atoms with Crippen LogP contribution in [-0.2, 0) is 4.74 Å². The standard InChI is InChI=1S/C24H25NO5/c1-14(2)29-11-5-10-25-21(16-6-4-7-17(26)13-16)20-22(27)18-12-15(3)8-9-19(18)30-23(20)24(25)28/h4,6-9,12-14,21,26H,5,10-11H2,1-3H3/t21-/m0/s1. The minimum atomic E-state index is -0.611. The second-order valence-corrected chi connectivity index (χ2v) is 7.94. The summed E-state index contributed by atoms with van der Waals surface area (Å²) in [6, 6.07) is 11.4. The number of ether oxygens (including phenoxy) is 1. The van der Waals surface area contributed by atoms with Crippen molar-refractivity contribution in [2.45, 2.75) is 39.3 Å². The largest absolute Gasteiger partial charge is 0.508 e. The van der Waals surface area contributed by atoms with E-state index in [2.05, 4.69) is 0 Å². The van der Waals surface area contributed by atoms with Gasteiger partial charge in [0, 0.05) is 13.2 Å². The number of nitrogens with zero attached hydrogens (tertiary/aromatic N) is 1. The third-order valence-electron chi connectivity index (χ3n) is 5.30. The van der Waals surface area contributed by atoms with Crippen molar-refractivity contribution < 1.29 is 19.1 Å². The molecule has 0 saturated heterocycles. The molecule has 0 bridgehead atoms. The van der Waals surface area contributed by atoms with Crippen molar-refractivity contribution in [1.82, 2.24) is 4.90 Å². The maximum Gasteiger partial charge on any atom is 0.290 e. The van der Waals surface area contributed by atoms with Gasteiger partial charge in [-0.2, -0.15) is 0 Å². The Balaban J connectivity index is 1.83. The topological polar surface area (TPSA) is 80.0 Å². The second-order valence-electron chi connectivity index (χ2n) is 7.94. The Bertz CT molecular complexity index is 1160. The molecule has 1 atom stereocenters. The molecule has 6 nitrogen and oxygen atoms in total. The van der Waals surface area contributed by atoms with Crippen LogP contribution in [0, 0.1) is 6.92 Å². The molecule has 30 heavy (non-hydrogen) atoms. The quantitative estimate of drug-likeness (QED) is 0.621. The molecule has 1 aliphatic heterocycles. The number of benzene rings is 2. The van der Waals surface area contributed by atoms with E-state index >= 15 is 0 Å². The fourth-order valence-corrected chi connectivity index (χ4v) is 3.96. The lowest BCUT2D eigenvalue weighted by Crippen LogP contribution is -2.31. The van der Waals surface area contributed by atoms with Gasteiger partial charge < -0.3 is 19.2 Å². The molecule has 1 amide bonds. The highest BCUT2D eigenvalue weighted by molar-refractivity contribution is 5.99. The average molecular weight is 407 g/mol. The summed E-state index contributed by atoms with van der Waals surface area (Å²) < 4.78 is 11.5. The van der Waals surface area contributed by atoms with Crippen molar-refractivity contribution in [1.29, 1.82) is 0 Å². The van der Waals surface area contributed by atoms with E-state index < -0.39 is 6.04 Å². The lowest BCUT2D eigenvalue weighted by Gasteiger charge is -2.25. The van der Waals surface area contributed by atoms with E-state index in [1.807, 2.05) is 32.9 Å². The highest BCUT2D eigenvalue weighted by Crippen LogP contribution is 2.39. The Hall–Kier alpha value is -3.12. The van der Waals surface area contributed by atoms with Gasteiger partial charge in [-0.1, -0.05) is 23.8 Å². The number of aromatic hydroxyl groups is 1. The Labute approximate surface area is 174 Å². The van der Waals surface area contributed by atoms with Crippen LogP contribution in [0.5, 0.6) is 5.75 Å². The fourth-order valence-electron chi connectivity index (χ4n) is 3.96. The molecule has 1 N–H and O–H groups in total. The van der Waals surface area contributed by atoms with Gasteiger partial charge in [0.25, 0.3) is 5.91 Å². The summed E-state index contributed by atoms with van der Waals surface area (Å²) in [5.41, 5.74) is 2.13. The number of fused-ring (bicyclic) bond motifs is 2. The summed E-state index contributed by atoms with van der Waals surface area (Å²) in [7, 11) is 0. The number of rotatable bonds is 6. The molecule has 156 valence electrons. The van der Waals surface area contributed by atoms with Crippen LogP contribution >= 0.6 is 0 Å². The Morgan fingerprint density at radius 2 is 1.97 bits per heavy atom. The molecule has 2 heterocycles. The fraction of sp³-hybridized carbons (Fsp3) is 0.333. The molecule has 6 heteroatoms. The normalized spacial score (nSPS) is 15.9. The lowest BCUT2D eigenvalue weighted by molar-refractivity contribution is 0.0593. The van der Waals surface area contributed by atoms with Crippen molar-refractivity contribution in [3.63, 3.8) is 0 Å². The highest BCUT2D eigenvalue weighted by atomic mass is 16.5. The first kappa shape index (κ1) is 20.2. The van der Waals surface area contributed by atoms with E-state index in [9.17, 15) is 14.7 Å². The van der Waals surface area contributed by atoms with Crippen LogP contribution in [0.4, 0.5) is 0 Å². The summed E-state index contributed by atoms with van der Waals surface area (Å²) >= 11 is 0. The maximum absolute atomic E-state index is 13.4. The molecule has 0 aliphatic carbocycles. The van der Waals surface area contributed by atoms with Crippen LogP contribution in [0.25, 0.3) is 11.0 Å². The highest BCUT2D eigenvalue weighted by Gasteiger charge is 2.42. The molecule has 0 unspecified atom stereocenters. The van der Waals surface area contributed by atoms with Gasteiger partial charge in [0.15, 0.2) is 5.43 Å². The molecule has 4 rings (SSSR count). The number of hydrogen-bond acceptors (Lipinski definition) is 5. The zero-order valence-electron chi connectivity index (χ0n) is 17.3. The first-order valence-electron chi connectivity index (χ1n) is 10.2. The minimum absolute atomic E-state index is 0.0782. The second kappa shape index (κ2) is 7.95. The first-order valence-corrected chi connectivity index (χ1v) is 10.2. The molecule has 1 aromatic heterocycles. The molecule has 3 aromatic rings. The summed E-state index contributed by atoms with van der Waals surface area (Å²) in [6.07, 6.45) is 0.732. The van der Waals surface area contributed by atoms with Gasteiger partial charge in [0.05, 0.1) is 23.1 Å². The maximum atomic E-state index is 13.4. The Morgan fingerprint density at radius 3 is 2.70 bits per heavy atom. The summed E-state index contributed by atoms with van der Waals surface area (Å²) in [6.45, 7) is 6.74. The first-order chi connectivity index (χ1) is 14.4. The summed E-state index contributed by atoms with van der Waals surface area (Å²) in [5, 5.41) is 10.5. The summed E-state index contributed by atoms with van der Waals surface area (Å²) in [4.78, 5) is 28.3. The smallest absolute Gasteiger partial charge is 0.290 e. The third kappa shape index (κ3) is 3.59. The third-order valence-corrected chi connectivity index (χ3v) is 5.30. The molecule has 0 saturated carbocycles. The predicted molar refractivity (Wildman–Crippen MR) is 114 cm³/mol. The number of hydrogen-bond donors (Lipinski definition) is 1. The van der Waals surface area contributed by atoms with Crippen LogP contribution in [0.1, 0.15) is 53.6 Å². The zero-order chi connectivity index (χ0) is 21.4. The zero-order valence-corrected chi connectivity index (χ0v) is 17.3. The minimum Gasteiger partial charge on any atom is -0.508 e. The number of aryl methyl sites for hydroxylation is 1. The van der Waals surface area contributed by atoms with Gasteiger partial charge in [-0.15, -0.1) is 0 Å². The number of phenols is 1. The summed E-state index contributed by atoms with van der Waals surface area (Å²) in [5.74, 6) is -0.158. The van der Waals surface area contributed by atoms with Crippen LogP contribution in [0.3, 0.4) is 0 Å². The molecular weight excluding hydrogens is 382 g/mol. The van der Waals surface area contributed by atoms with E-state index in [-0.39, 0.29) is 28.9 Å². The number of carbonyl (C=O) groups excluding carboxylic acids is 1. The molecule has 1 aliphatic rings. The van der Waals surface area contributed by atoms with Crippen molar-refractivity contribution in [2.75, 3.05) is 13.2 Å². The lowest BCUT2D eigenvalue weighted by atomic mass is 9.98. The van der Waals surface area contributed by atoms with Gasteiger partial charge in [0.2, 0.25) is 5.76 Å². The Morgan fingerprint density at radius 1 is 1.17 bits per heavy atom. The van der Waals surface area contributed by atoms with E-state index in [1.54, 1.807) is 35.2 Å². The molecular formula is C24H25NO5. The van der Waals surface area contributed by atoms with Gasteiger partial charge in [-0.3, -0.25) is 9.59 Å². The van der Waals surface area contributed by atoms with Crippen molar-refractivity contribution >= 4 is 16.9 Å². The average Bonchev–Trinajstić information content (AvgIpc) is 2.98. The van der Waals surface area contributed by atoms with Gasteiger partial charge in [0.1, 0.15) is 11.3 Å². The van der Waals surface area contributed by atoms with E-state index in [1.165, 1.54) is 0 Å². The number of amides is 1. The SMILES string of the molecule is Cc1ccc2oc3c(c(=O)c2c1)[C@H](c1cccc(O)c1)N(CCCOC(C)C)C3=O. The Kier molecular flexibility index (Phi) is 5.35. The molecule has 2 aromatic carbocycles. The van der Waals surface area contributed by atoms with E-state index in [0.717, 1.165) is 5.56 Å². The van der Waals surface area contributed by atoms with Gasteiger partial charge >= 0.3 is 0 Å². The van der Waals surface area contributed by atoms with E-state index in [0.29, 0.717) is 41.7 Å². The molecule has 0 fully saturated rings. The van der Waals surface area contributed by atoms with Crippen molar-refractivity contribution in [2.24, 2.45) is 0 Å².